The Labute approximate surface area is 104 Å². The van der Waals surface area contributed by atoms with Gasteiger partial charge in [-0.25, -0.2) is 9.97 Å². The number of rotatable bonds is 3. The van der Waals surface area contributed by atoms with E-state index < -0.39 is 0 Å². The van der Waals surface area contributed by atoms with E-state index in [4.69, 9.17) is 5.26 Å². The highest BCUT2D eigenvalue weighted by atomic mass is 32.1. The van der Waals surface area contributed by atoms with E-state index in [0.29, 0.717) is 11.6 Å². The van der Waals surface area contributed by atoms with Crippen molar-refractivity contribution >= 4 is 17.3 Å². The topological polar surface area (TPSA) is 52.8 Å². The van der Waals surface area contributed by atoms with Crippen molar-refractivity contribution in [2.75, 3.05) is 11.9 Å². The molecule has 86 valence electrons. The van der Waals surface area contributed by atoms with Gasteiger partial charge in [-0.3, -0.25) is 0 Å². The first-order valence-electron chi connectivity index (χ1n) is 5.17. The molecule has 2 heterocycles. The highest BCUT2D eigenvalue weighted by molar-refractivity contribution is 7.07. The molecule has 0 unspecified atom stereocenters. The lowest BCUT2D eigenvalue weighted by Crippen LogP contribution is -2.19. The third-order valence-electron chi connectivity index (χ3n) is 2.30. The van der Waals surface area contributed by atoms with Crippen LogP contribution in [0.3, 0.4) is 0 Å². The molecule has 0 radical (unpaired) electrons. The van der Waals surface area contributed by atoms with Crippen molar-refractivity contribution in [1.82, 2.24) is 9.97 Å². The molecule has 0 aliphatic rings. The minimum absolute atomic E-state index is 0.407. The zero-order chi connectivity index (χ0) is 12.3. The SMILES string of the molecule is Cc1cc(C#N)nc(N(C)Cc2ccsc2)n1. The Hall–Kier alpha value is -1.93. The van der Waals surface area contributed by atoms with Gasteiger partial charge in [0.2, 0.25) is 5.95 Å². The number of hydrogen-bond acceptors (Lipinski definition) is 5. The molecule has 0 aliphatic carbocycles. The normalized spacial score (nSPS) is 9.94. The van der Waals surface area contributed by atoms with Crippen molar-refractivity contribution in [3.63, 3.8) is 0 Å². The maximum Gasteiger partial charge on any atom is 0.226 e. The summed E-state index contributed by atoms with van der Waals surface area (Å²) in [7, 11) is 1.92. The number of nitriles is 1. The minimum Gasteiger partial charge on any atom is -0.339 e. The summed E-state index contributed by atoms with van der Waals surface area (Å²) in [5, 5.41) is 13.0. The average Bonchev–Trinajstić information content (AvgIpc) is 2.81. The van der Waals surface area contributed by atoms with E-state index in [1.54, 1.807) is 17.4 Å². The van der Waals surface area contributed by atoms with Crippen LogP contribution in [0.15, 0.2) is 22.9 Å². The lowest BCUT2D eigenvalue weighted by Gasteiger charge is -2.16. The van der Waals surface area contributed by atoms with Crippen molar-refractivity contribution < 1.29 is 0 Å². The molecule has 0 saturated carbocycles. The zero-order valence-corrected chi connectivity index (χ0v) is 10.5. The van der Waals surface area contributed by atoms with Gasteiger partial charge in [-0.1, -0.05) is 0 Å². The molecule has 0 fully saturated rings. The van der Waals surface area contributed by atoms with Crippen LogP contribution in [0, 0.1) is 18.3 Å². The van der Waals surface area contributed by atoms with Crippen molar-refractivity contribution in [3.05, 3.63) is 39.8 Å². The van der Waals surface area contributed by atoms with E-state index in [0.717, 1.165) is 12.2 Å². The Balaban J connectivity index is 2.22. The van der Waals surface area contributed by atoms with Gasteiger partial charge < -0.3 is 4.90 Å². The number of aryl methyl sites for hydroxylation is 1. The molecule has 0 atom stereocenters. The average molecular weight is 244 g/mol. The summed E-state index contributed by atoms with van der Waals surface area (Å²) in [5.74, 6) is 0.591. The smallest absolute Gasteiger partial charge is 0.226 e. The zero-order valence-electron chi connectivity index (χ0n) is 9.71. The summed E-state index contributed by atoms with van der Waals surface area (Å²) >= 11 is 1.67. The summed E-state index contributed by atoms with van der Waals surface area (Å²) < 4.78 is 0. The van der Waals surface area contributed by atoms with Gasteiger partial charge in [-0.15, -0.1) is 0 Å². The van der Waals surface area contributed by atoms with Crippen molar-refractivity contribution in [2.45, 2.75) is 13.5 Å². The molecule has 0 amide bonds. The molecule has 0 aliphatic heterocycles. The van der Waals surface area contributed by atoms with Crippen molar-refractivity contribution in [2.24, 2.45) is 0 Å². The Morgan fingerprint density at radius 3 is 2.94 bits per heavy atom. The molecule has 0 bridgehead atoms. The first-order chi connectivity index (χ1) is 8.19. The van der Waals surface area contributed by atoms with Crippen LogP contribution in [0.1, 0.15) is 17.0 Å². The Morgan fingerprint density at radius 1 is 1.47 bits per heavy atom. The minimum atomic E-state index is 0.407. The summed E-state index contributed by atoms with van der Waals surface area (Å²) in [6, 6.07) is 5.80. The monoisotopic (exact) mass is 244 g/mol. The van der Waals surface area contributed by atoms with E-state index in [2.05, 4.69) is 21.4 Å². The fourth-order valence-electron chi connectivity index (χ4n) is 1.51. The van der Waals surface area contributed by atoms with E-state index in [1.165, 1.54) is 5.56 Å². The van der Waals surface area contributed by atoms with Gasteiger partial charge in [0.1, 0.15) is 11.8 Å². The van der Waals surface area contributed by atoms with Crippen LogP contribution in [0.25, 0.3) is 0 Å². The Morgan fingerprint density at radius 2 is 2.29 bits per heavy atom. The number of aromatic nitrogens is 2. The van der Waals surface area contributed by atoms with Crippen molar-refractivity contribution in [3.8, 4) is 6.07 Å². The highest BCUT2D eigenvalue weighted by Crippen LogP contribution is 2.13. The van der Waals surface area contributed by atoms with Gasteiger partial charge in [-0.05, 0) is 35.4 Å². The highest BCUT2D eigenvalue weighted by Gasteiger charge is 2.08. The first-order valence-corrected chi connectivity index (χ1v) is 6.11. The molecule has 5 heteroatoms. The van der Waals surface area contributed by atoms with Gasteiger partial charge >= 0.3 is 0 Å². The summed E-state index contributed by atoms with van der Waals surface area (Å²) in [4.78, 5) is 10.5. The molecule has 0 N–H and O–H groups in total. The fourth-order valence-corrected chi connectivity index (χ4v) is 2.17. The predicted octanol–water partition coefficient (Wildman–Crippen LogP) is 2.35. The largest absolute Gasteiger partial charge is 0.339 e. The molecule has 2 rings (SSSR count). The number of hydrogen-bond donors (Lipinski definition) is 0. The van der Waals surface area contributed by atoms with Crippen LogP contribution in [0.2, 0.25) is 0 Å². The van der Waals surface area contributed by atoms with Gasteiger partial charge in [0.15, 0.2) is 0 Å². The molecule has 0 aromatic carbocycles. The van der Waals surface area contributed by atoms with E-state index >= 15 is 0 Å². The van der Waals surface area contributed by atoms with Crippen LogP contribution in [0.5, 0.6) is 0 Å². The molecular formula is C12H12N4S. The van der Waals surface area contributed by atoms with Gasteiger partial charge in [0.25, 0.3) is 0 Å². The standard InChI is InChI=1S/C12H12N4S/c1-9-5-11(6-13)15-12(14-9)16(2)7-10-3-4-17-8-10/h3-5,8H,7H2,1-2H3. The lowest BCUT2D eigenvalue weighted by atomic mass is 10.3. The summed E-state index contributed by atoms with van der Waals surface area (Å²) in [6.07, 6.45) is 0. The van der Waals surface area contributed by atoms with Crippen LogP contribution < -0.4 is 4.90 Å². The third kappa shape index (κ3) is 2.80. The summed E-state index contributed by atoms with van der Waals surface area (Å²) in [6.45, 7) is 2.61. The summed E-state index contributed by atoms with van der Waals surface area (Å²) in [5.41, 5.74) is 2.44. The molecule has 0 saturated heterocycles. The van der Waals surface area contributed by atoms with Crippen LogP contribution in [-0.2, 0) is 6.54 Å². The first kappa shape index (κ1) is 11.6. The van der Waals surface area contributed by atoms with E-state index in [1.807, 2.05) is 30.3 Å². The second-order valence-electron chi connectivity index (χ2n) is 3.79. The molecule has 0 spiro atoms. The quantitative estimate of drug-likeness (QED) is 0.831. The predicted molar refractivity (Wildman–Crippen MR) is 67.9 cm³/mol. The maximum absolute atomic E-state index is 8.87. The molecular weight excluding hydrogens is 232 g/mol. The second kappa shape index (κ2) is 4.93. The molecule has 17 heavy (non-hydrogen) atoms. The Bertz CT molecular complexity index is 542. The Kier molecular flexibility index (Phi) is 3.35. The number of nitrogens with zero attached hydrogens (tertiary/aromatic N) is 4. The number of thiophene rings is 1. The van der Waals surface area contributed by atoms with Crippen LogP contribution >= 0.6 is 11.3 Å². The molecule has 2 aromatic rings. The second-order valence-corrected chi connectivity index (χ2v) is 4.57. The van der Waals surface area contributed by atoms with Gasteiger partial charge in [-0.2, -0.15) is 16.6 Å². The van der Waals surface area contributed by atoms with E-state index in [9.17, 15) is 0 Å². The lowest BCUT2D eigenvalue weighted by molar-refractivity contribution is 0.859. The third-order valence-corrected chi connectivity index (χ3v) is 3.03. The maximum atomic E-state index is 8.87. The van der Waals surface area contributed by atoms with Crippen molar-refractivity contribution in [1.29, 1.82) is 5.26 Å². The van der Waals surface area contributed by atoms with Crippen LogP contribution in [-0.4, -0.2) is 17.0 Å². The van der Waals surface area contributed by atoms with Gasteiger partial charge in [0, 0.05) is 19.3 Å². The van der Waals surface area contributed by atoms with Gasteiger partial charge in [0.05, 0.1) is 0 Å². The van der Waals surface area contributed by atoms with E-state index in [-0.39, 0.29) is 0 Å². The molecule has 4 nitrogen and oxygen atoms in total. The fraction of sp³-hybridized carbons (Fsp3) is 0.250. The molecule has 2 aromatic heterocycles. The van der Waals surface area contributed by atoms with Crippen LogP contribution in [0.4, 0.5) is 5.95 Å². The number of anilines is 1.